The van der Waals surface area contributed by atoms with Crippen molar-refractivity contribution in [3.8, 4) is 10.4 Å². The highest BCUT2D eigenvalue weighted by Crippen LogP contribution is 2.49. The molecule has 0 spiro atoms. The molecule has 1 aromatic heterocycles. The Bertz CT molecular complexity index is 1430. The molecular formula is C31H40F3N5O4S. The molecule has 3 aliphatic rings. The molecule has 2 amide bonds. The van der Waals surface area contributed by atoms with E-state index in [0.717, 1.165) is 61.6 Å². The summed E-state index contributed by atoms with van der Waals surface area (Å²) in [6, 6.07) is 3.30. The third-order valence-electron chi connectivity index (χ3n) is 8.92. The molecule has 2 heterocycles. The number of alkyl halides is 3. The fraction of sp³-hybridized carbons (Fsp3) is 0.613. The number of amides is 2. The summed E-state index contributed by atoms with van der Waals surface area (Å²) >= 11 is 1.23. The van der Waals surface area contributed by atoms with Crippen LogP contribution >= 0.6 is 11.3 Å². The van der Waals surface area contributed by atoms with Crippen LogP contribution < -0.4 is 16.1 Å². The molecule has 240 valence electrons. The van der Waals surface area contributed by atoms with Crippen molar-refractivity contribution in [3.63, 3.8) is 0 Å². The lowest BCUT2D eigenvalue weighted by Gasteiger charge is -2.23. The zero-order valence-corrected chi connectivity index (χ0v) is 26.3. The number of hydroxylamine groups is 1. The van der Waals surface area contributed by atoms with Gasteiger partial charge in [-0.15, -0.1) is 11.3 Å². The first-order chi connectivity index (χ1) is 20.6. The molecule has 2 aromatic rings. The quantitative estimate of drug-likeness (QED) is 0.268. The van der Waals surface area contributed by atoms with E-state index in [1.807, 2.05) is 19.9 Å². The molecule has 0 radical (unpaired) electrons. The lowest BCUT2D eigenvalue weighted by atomic mass is 9.85. The van der Waals surface area contributed by atoms with Gasteiger partial charge in [0.25, 0.3) is 18.2 Å². The molecule has 1 unspecified atom stereocenters. The van der Waals surface area contributed by atoms with Crippen LogP contribution in [-0.4, -0.2) is 52.9 Å². The number of thiazole rings is 1. The average molecular weight is 636 g/mol. The van der Waals surface area contributed by atoms with Crippen LogP contribution in [0.2, 0.25) is 0 Å². The summed E-state index contributed by atoms with van der Waals surface area (Å²) < 4.78 is 39.8. The Labute approximate surface area is 259 Å². The number of carbonyl (C=O) groups excluding carboxylic acids is 2. The van der Waals surface area contributed by atoms with Crippen LogP contribution in [0.25, 0.3) is 10.4 Å². The maximum atomic E-state index is 13.4. The smallest absolute Gasteiger partial charge is 0.349 e. The summed E-state index contributed by atoms with van der Waals surface area (Å²) in [7, 11) is 0. The number of aliphatic hydroxyl groups excluding tert-OH is 1. The lowest BCUT2D eigenvalue weighted by molar-refractivity contribution is -0.149. The molecule has 9 nitrogen and oxygen atoms in total. The third-order valence-corrected chi connectivity index (χ3v) is 10.1. The number of aliphatic hydroxyl groups is 1. The summed E-state index contributed by atoms with van der Waals surface area (Å²) in [5, 5.41) is 14.8. The molecule has 2 aliphatic carbocycles. The van der Waals surface area contributed by atoms with Crippen LogP contribution in [0.3, 0.4) is 0 Å². The first-order valence-corrected chi connectivity index (χ1v) is 16.0. The van der Waals surface area contributed by atoms with E-state index >= 15 is 0 Å². The Morgan fingerprint density at radius 1 is 1.16 bits per heavy atom. The van der Waals surface area contributed by atoms with Gasteiger partial charge in [-0.1, -0.05) is 52.9 Å². The van der Waals surface area contributed by atoms with Gasteiger partial charge in [0.1, 0.15) is 11.9 Å². The van der Waals surface area contributed by atoms with Crippen LogP contribution in [0.5, 0.6) is 0 Å². The van der Waals surface area contributed by atoms with Gasteiger partial charge in [-0.3, -0.25) is 9.59 Å². The van der Waals surface area contributed by atoms with E-state index in [2.05, 4.69) is 28.0 Å². The molecule has 44 heavy (non-hydrogen) atoms. The molecule has 2 atom stereocenters. The Hall–Kier alpha value is -3.03. The second-order valence-corrected chi connectivity index (χ2v) is 14.2. The predicted molar refractivity (Wildman–Crippen MR) is 161 cm³/mol. The molecule has 4 N–H and O–H groups in total. The molecule has 5 rings (SSSR count). The van der Waals surface area contributed by atoms with E-state index in [1.54, 1.807) is 12.1 Å². The third kappa shape index (κ3) is 7.43. The number of rotatable bonds is 10. The zero-order chi connectivity index (χ0) is 31.9. The number of amidine groups is 1. The van der Waals surface area contributed by atoms with Crippen molar-refractivity contribution in [3.05, 3.63) is 40.0 Å². The van der Waals surface area contributed by atoms with Gasteiger partial charge in [-0.2, -0.15) is 13.2 Å². The van der Waals surface area contributed by atoms with E-state index in [-0.39, 0.29) is 28.4 Å². The SMILES string of the molecule is C[C@H](NC(=O)c1cc(-c2sc(C(=O)NCC(C)(C)C3=NC(O)ON3)nc2CC2CCCCC2)cc(C2(C)CC2)c1)C(F)(F)F. The molecule has 2 fully saturated rings. The monoisotopic (exact) mass is 635 g/mol. The minimum absolute atomic E-state index is 0.153. The van der Waals surface area contributed by atoms with Crippen molar-refractivity contribution in [1.29, 1.82) is 0 Å². The molecule has 0 bridgehead atoms. The Kier molecular flexibility index (Phi) is 9.12. The largest absolute Gasteiger partial charge is 0.408 e. The second kappa shape index (κ2) is 12.4. The fourth-order valence-corrected chi connectivity index (χ4v) is 6.60. The summed E-state index contributed by atoms with van der Waals surface area (Å²) in [6.07, 6.45) is 2.24. The van der Waals surface area contributed by atoms with Gasteiger partial charge in [0.15, 0.2) is 5.01 Å². The number of hydrogen-bond acceptors (Lipinski definition) is 8. The van der Waals surface area contributed by atoms with Gasteiger partial charge in [-0.05, 0) is 66.8 Å². The van der Waals surface area contributed by atoms with Gasteiger partial charge in [0.2, 0.25) is 0 Å². The molecule has 0 saturated heterocycles. The highest BCUT2D eigenvalue weighted by atomic mass is 32.1. The van der Waals surface area contributed by atoms with E-state index in [0.29, 0.717) is 23.7 Å². The minimum atomic E-state index is -4.56. The van der Waals surface area contributed by atoms with Crippen LogP contribution in [0.15, 0.2) is 23.2 Å². The minimum Gasteiger partial charge on any atom is -0.349 e. The lowest BCUT2D eigenvalue weighted by Crippen LogP contribution is -2.43. The first kappa shape index (κ1) is 32.4. The van der Waals surface area contributed by atoms with Gasteiger partial charge in [-0.25, -0.2) is 20.3 Å². The van der Waals surface area contributed by atoms with E-state index in [1.165, 1.54) is 17.8 Å². The topological polar surface area (TPSA) is 125 Å². The van der Waals surface area contributed by atoms with Crippen molar-refractivity contribution < 1.29 is 32.7 Å². The van der Waals surface area contributed by atoms with Crippen molar-refractivity contribution in [2.24, 2.45) is 16.3 Å². The van der Waals surface area contributed by atoms with Crippen LogP contribution in [-0.2, 0) is 16.7 Å². The number of aliphatic imine (C=N–C) groups is 1. The Balaban J connectivity index is 1.47. The highest BCUT2D eigenvalue weighted by Gasteiger charge is 2.41. The highest BCUT2D eigenvalue weighted by molar-refractivity contribution is 7.17. The number of carbonyl (C=O) groups is 2. The molecule has 1 aromatic carbocycles. The Morgan fingerprint density at radius 3 is 2.48 bits per heavy atom. The second-order valence-electron chi connectivity index (χ2n) is 13.2. The first-order valence-electron chi connectivity index (χ1n) is 15.1. The molecule has 1 aliphatic heterocycles. The number of halogens is 3. The van der Waals surface area contributed by atoms with Gasteiger partial charge in [0, 0.05) is 17.5 Å². The van der Waals surface area contributed by atoms with E-state index in [9.17, 15) is 27.9 Å². The fourth-order valence-electron chi connectivity index (χ4n) is 5.60. The maximum Gasteiger partial charge on any atom is 0.408 e. The van der Waals surface area contributed by atoms with E-state index in [4.69, 9.17) is 9.82 Å². The number of aromatic nitrogens is 1. The number of nitrogens with zero attached hydrogens (tertiary/aromatic N) is 2. The average Bonchev–Trinajstić information content (AvgIpc) is 3.35. The van der Waals surface area contributed by atoms with Gasteiger partial charge >= 0.3 is 6.18 Å². The molecular weight excluding hydrogens is 595 g/mol. The summed E-state index contributed by atoms with van der Waals surface area (Å²) in [5.74, 6) is -0.351. The van der Waals surface area contributed by atoms with Crippen LogP contribution in [0, 0.1) is 11.3 Å². The number of benzene rings is 1. The molecule has 2 saturated carbocycles. The maximum absolute atomic E-state index is 13.4. The summed E-state index contributed by atoms with van der Waals surface area (Å²) in [5.41, 5.74) is 4.25. The van der Waals surface area contributed by atoms with E-state index < -0.39 is 30.0 Å². The number of nitrogens with one attached hydrogen (secondary N) is 3. The molecule has 13 heteroatoms. The Morgan fingerprint density at radius 2 is 1.86 bits per heavy atom. The summed E-state index contributed by atoms with van der Waals surface area (Å²) in [6.45, 7) is 6.88. The summed E-state index contributed by atoms with van der Waals surface area (Å²) in [4.78, 5) is 40.9. The van der Waals surface area contributed by atoms with Crippen molar-refractivity contribution >= 4 is 29.0 Å². The van der Waals surface area contributed by atoms with Crippen molar-refractivity contribution in [1.82, 2.24) is 21.1 Å². The standard InChI is InChI=1S/C31H40F3N5O4S/c1-17(31(32,33)34)36-24(40)20-13-19(14-21(15-20)30(4)10-11-30)23-22(12-18-8-6-5-7-9-18)37-26(44-23)25(41)35-16-29(2,3)27-38-28(42)43-39-27/h13-15,17-18,28,42H,5-12,16H2,1-4H3,(H,35,41)(H,36,40)(H,38,39)/t17-,28?/m0/s1. The van der Waals surface area contributed by atoms with Gasteiger partial charge < -0.3 is 15.7 Å². The zero-order valence-electron chi connectivity index (χ0n) is 25.4. The van der Waals surface area contributed by atoms with Crippen LogP contribution in [0.4, 0.5) is 13.2 Å². The van der Waals surface area contributed by atoms with Crippen molar-refractivity contribution in [2.75, 3.05) is 6.54 Å². The van der Waals surface area contributed by atoms with Crippen molar-refractivity contribution in [2.45, 2.75) is 103 Å². The number of hydrogen-bond donors (Lipinski definition) is 4. The van der Waals surface area contributed by atoms with Gasteiger partial charge in [0.05, 0.1) is 10.6 Å². The van der Waals surface area contributed by atoms with Crippen LogP contribution in [0.1, 0.15) is 104 Å². The predicted octanol–water partition coefficient (Wildman–Crippen LogP) is 5.63. The normalized spacial score (nSPS) is 20.9.